The second-order valence-electron chi connectivity index (χ2n) is 7.59. The molecule has 4 rings (SSSR count). The van der Waals surface area contributed by atoms with Gasteiger partial charge in [0.2, 0.25) is 0 Å². The van der Waals surface area contributed by atoms with E-state index in [0.717, 1.165) is 10.9 Å². The molecule has 0 unspecified atom stereocenters. The van der Waals surface area contributed by atoms with Gasteiger partial charge in [-0.1, -0.05) is 18.2 Å². The Bertz CT molecular complexity index is 1070. The number of amides is 2. The average Bonchev–Trinajstić information content (AvgIpc) is 2.78. The van der Waals surface area contributed by atoms with Crippen LogP contribution in [0.5, 0.6) is 0 Å². The minimum absolute atomic E-state index is 0.0206. The number of nitrogens with one attached hydrogen (secondary N) is 1. The predicted octanol–water partition coefficient (Wildman–Crippen LogP) is 2.98. The average molecular weight is 404 g/mol. The first-order chi connectivity index (χ1) is 14.5. The van der Waals surface area contributed by atoms with E-state index in [2.05, 4.69) is 10.3 Å². The van der Waals surface area contributed by atoms with Crippen LogP contribution in [0, 0.1) is 0 Å². The zero-order valence-corrected chi connectivity index (χ0v) is 17.0. The van der Waals surface area contributed by atoms with Gasteiger partial charge in [0.25, 0.3) is 11.8 Å². The van der Waals surface area contributed by atoms with Crippen LogP contribution in [0.2, 0.25) is 0 Å². The number of hydrogen-bond acceptors (Lipinski definition) is 5. The van der Waals surface area contributed by atoms with Crippen LogP contribution < -0.4 is 5.32 Å². The van der Waals surface area contributed by atoms with Crippen molar-refractivity contribution in [2.75, 3.05) is 19.7 Å². The second kappa shape index (κ2) is 8.59. The van der Waals surface area contributed by atoms with Gasteiger partial charge in [-0.25, -0.2) is 4.98 Å². The highest BCUT2D eigenvalue weighted by atomic mass is 16.5. The van der Waals surface area contributed by atoms with Gasteiger partial charge < -0.3 is 15.0 Å². The van der Waals surface area contributed by atoms with Crippen LogP contribution in [0.25, 0.3) is 10.9 Å². The van der Waals surface area contributed by atoms with Crippen LogP contribution in [0.4, 0.5) is 0 Å². The van der Waals surface area contributed by atoms with Crippen LogP contribution in [0.3, 0.4) is 0 Å². The fourth-order valence-corrected chi connectivity index (χ4v) is 3.58. The van der Waals surface area contributed by atoms with Gasteiger partial charge in [-0.15, -0.1) is 0 Å². The zero-order valence-electron chi connectivity index (χ0n) is 17.0. The summed E-state index contributed by atoms with van der Waals surface area (Å²) in [4.78, 5) is 36.1. The molecule has 1 fully saturated rings. The number of hydrogen-bond donors (Lipinski definition) is 1. The Balaban J connectivity index is 1.65. The van der Waals surface area contributed by atoms with Crippen molar-refractivity contribution >= 4 is 22.7 Å². The number of aromatic nitrogens is 2. The Morgan fingerprint density at radius 3 is 2.70 bits per heavy atom. The van der Waals surface area contributed by atoms with E-state index >= 15 is 0 Å². The van der Waals surface area contributed by atoms with E-state index in [1.807, 2.05) is 38.1 Å². The van der Waals surface area contributed by atoms with Crippen LogP contribution >= 0.6 is 0 Å². The molecule has 30 heavy (non-hydrogen) atoms. The van der Waals surface area contributed by atoms with E-state index in [4.69, 9.17) is 9.72 Å². The van der Waals surface area contributed by atoms with Crippen molar-refractivity contribution in [2.24, 2.45) is 0 Å². The Hall–Kier alpha value is -3.32. The first kappa shape index (κ1) is 20.0. The van der Waals surface area contributed by atoms with Crippen molar-refractivity contribution in [3.8, 4) is 0 Å². The van der Waals surface area contributed by atoms with E-state index in [9.17, 15) is 9.59 Å². The normalized spacial score (nSPS) is 16.6. The van der Waals surface area contributed by atoms with Crippen molar-refractivity contribution < 1.29 is 14.3 Å². The molecule has 7 nitrogen and oxygen atoms in total. The molecule has 1 aliphatic rings. The summed E-state index contributed by atoms with van der Waals surface area (Å²) < 4.78 is 5.94. The van der Waals surface area contributed by atoms with Crippen LogP contribution in [0.1, 0.15) is 46.4 Å². The molecule has 7 heteroatoms. The van der Waals surface area contributed by atoms with E-state index in [0.29, 0.717) is 36.5 Å². The molecule has 1 N–H and O–H groups in total. The number of rotatable bonds is 4. The van der Waals surface area contributed by atoms with Crippen molar-refractivity contribution in [2.45, 2.75) is 26.0 Å². The fraction of sp³-hybridized carbons (Fsp3) is 0.304. The highest BCUT2D eigenvalue weighted by Crippen LogP contribution is 2.27. The summed E-state index contributed by atoms with van der Waals surface area (Å²) in [5.41, 5.74) is 2.53. The Morgan fingerprint density at radius 2 is 1.93 bits per heavy atom. The lowest BCUT2D eigenvalue weighted by Crippen LogP contribution is -2.42. The second-order valence-corrected chi connectivity index (χ2v) is 7.59. The molecular formula is C23H24N4O3. The summed E-state index contributed by atoms with van der Waals surface area (Å²) in [7, 11) is 0. The summed E-state index contributed by atoms with van der Waals surface area (Å²) in [6.07, 6.45) is 2.81. The maximum Gasteiger partial charge on any atom is 0.254 e. The number of carbonyl (C=O) groups excluding carboxylic acids is 2. The van der Waals surface area contributed by atoms with Gasteiger partial charge in [0.1, 0.15) is 6.10 Å². The smallest absolute Gasteiger partial charge is 0.254 e. The molecule has 1 aliphatic heterocycles. The number of fused-ring (bicyclic) bond motifs is 1. The monoisotopic (exact) mass is 404 g/mol. The van der Waals surface area contributed by atoms with Crippen LogP contribution in [-0.2, 0) is 4.74 Å². The topological polar surface area (TPSA) is 84.4 Å². The fourth-order valence-electron chi connectivity index (χ4n) is 3.58. The lowest BCUT2D eigenvalue weighted by molar-refractivity contribution is -0.0246. The largest absolute Gasteiger partial charge is 0.368 e. The van der Waals surface area contributed by atoms with Gasteiger partial charge in [0.15, 0.2) is 0 Å². The highest BCUT2D eigenvalue weighted by molar-refractivity contribution is 6.06. The molecular weight excluding hydrogens is 380 g/mol. The summed E-state index contributed by atoms with van der Waals surface area (Å²) in [5.74, 6) is -0.213. The van der Waals surface area contributed by atoms with Crippen molar-refractivity contribution in [1.29, 1.82) is 0 Å². The molecule has 2 aromatic heterocycles. The molecule has 0 radical (unpaired) electrons. The predicted molar refractivity (Wildman–Crippen MR) is 113 cm³/mol. The molecule has 0 bridgehead atoms. The van der Waals surface area contributed by atoms with Crippen LogP contribution in [-0.4, -0.2) is 52.4 Å². The number of para-hydroxylation sites is 1. The van der Waals surface area contributed by atoms with Crippen molar-refractivity contribution in [3.05, 3.63) is 71.7 Å². The van der Waals surface area contributed by atoms with E-state index in [-0.39, 0.29) is 17.9 Å². The molecule has 0 saturated carbocycles. The molecule has 154 valence electrons. The molecule has 1 saturated heterocycles. The summed E-state index contributed by atoms with van der Waals surface area (Å²) in [6, 6.07) is 12.8. The zero-order chi connectivity index (χ0) is 21.1. The van der Waals surface area contributed by atoms with Gasteiger partial charge in [0, 0.05) is 35.9 Å². The van der Waals surface area contributed by atoms with Gasteiger partial charge in [0.05, 0.1) is 29.9 Å². The van der Waals surface area contributed by atoms with E-state index in [1.54, 1.807) is 35.5 Å². The maximum absolute atomic E-state index is 12.8. The number of morpholine rings is 1. The standard InChI is InChI=1S/C23H24N4O3/c1-15(2)25-22(28)18-13-20(26-19-6-4-3-5-17(18)19)21-14-27(11-12-30-21)23(29)16-7-9-24-10-8-16/h3-10,13,15,21H,11-12,14H2,1-2H3,(H,25,28)/t21-/m1/s1. The molecule has 1 atom stereocenters. The molecule has 2 amide bonds. The molecule has 0 aliphatic carbocycles. The number of nitrogens with zero attached hydrogens (tertiary/aromatic N) is 3. The number of ether oxygens (including phenoxy) is 1. The van der Waals surface area contributed by atoms with Gasteiger partial charge in [-0.2, -0.15) is 0 Å². The third-order valence-electron chi connectivity index (χ3n) is 5.01. The van der Waals surface area contributed by atoms with Crippen molar-refractivity contribution in [1.82, 2.24) is 20.2 Å². The summed E-state index contributed by atoms with van der Waals surface area (Å²) >= 11 is 0. The Labute approximate surface area is 175 Å². The maximum atomic E-state index is 12.8. The van der Waals surface area contributed by atoms with E-state index < -0.39 is 6.10 Å². The summed E-state index contributed by atoms with van der Waals surface area (Å²) in [6.45, 7) is 5.14. The van der Waals surface area contributed by atoms with Gasteiger partial charge in [-0.3, -0.25) is 14.6 Å². The van der Waals surface area contributed by atoms with Crippen LogP contribution in [0.15, 0.2) is 54.9 Å². The lowest BCUT2D eigenvalue weighted by Gasteiger charge is -2.33. The van der Waals surface area contributed by atoms with E-state index in [1.165, 1.54) is 0 Å². The van der Waals surface area contributed by atoms with Gasteiger partial charge in [-0.05, 0) is 38.1 Å². The SMILES string of the molecule is CC(C)NC(=O)c1cc([C@H]2CN(C(=O)c3ccncc3)CCO2)nc2ccccc12. The minimum Gasteiger partial charge on any atom is -0.368 e. The van der Waals surface area contributed by atoms with Gasteiger partial charge >= 0.3 is 0 Å². The minimum atomic E-state index is -0.403. The van der Waals surface area contributed by atoms with Crippen molar-refractivity contribution in [3.63, 3.8) is 0 Å². The quantitative estimate of drug-likeness (QED) is 0.723. The third-order valence-corrected chi connectivity index (χ3v) is 5.01. The molecule has 3 heterocycles. The molecule has 0 spiro atoms. The number of pyridine rings is 2. The first-order valence-electron chi connectivity index (χ1n) is 10.0. The Kier molecular flexibility index (Phi) is 5.72. The first-order valence-corrected chi connectivity index (χ1v) is 10.0. The highest BCUT2D eigenvalue weighted by Gasteiger charge is 2.28. The third kappa shape index (κ3) is 4.16. The number of carbonyl (C=O) groups is 2. The number of benzene rings is 1. The molecule has 3 aromatic rings. The Morgan fingerprint density at radius 1 is 1.17 bits per heavy atom. The molecule has 1 aromatic carbocycles. The lowest BCUT2D eigenvalue weighted by atomic mass is 10.0. The summed E-state index contributed by atoms with van der Waals surface area (Å²) in [5, 5.41) is 3.74.